The van der Waals surface area contributed by atoms with E-state index >= 15 is 0 Å². The summed E-state index contributed by atoms with van der Waals surface area (Å²) >= 11 is 0. The molecule has 1 atom stereocenters. The lowest BCUT2D eigenvalue weighted by Gasteiger charge is -2.17. The Labute approximate surface area is 133 Å². The molecule has 2 aromatic rings. The number of carbonyl (C=O) groups excluding carboxylic acids is 1. The van der Waals surface area contributed by atoms with E-state index in [0.29, 0.717) is 12.2 Å². The van der Waals surface area contributed by atoms with E-state index < -0.39 is 5.97 Å². The Hall–Kier alpha value is -2.83. The van der Waals surface area contributed by atoms with Crippen LogP contribution in [0, 0.1) is 0 Å². The lowest BCUT2D eigenvalue weighted by atomic mass is 10.1. The quantitative estimate of drug-likeness (QED) is 0.850. The second-order valence-electron chi connectivity index (χ2n) is 5.07. The zero-order valence-corrected chi connectivity index (χ0v) is 13.2. The molecule has 0 unspecified atom stereocenters. The van der Waals surface area contributed by atoms with Gasteiger partial charge in [-0.1, -0.05) is 6.92 Å². The number of aromatic nitrogens is 2. The van der Waals surface area contributed by atoms with Crippen LogP contribution in [-0.4, -0.2) is 33.9 Å². The second kappa shape index (κ2) is 6.95. The topological polar surface area (TPSA) is 93.4 Å². The minimum atomic E-state index is -1.11. The summed E-state index contributed by atoms with van der Waals surface area (Å²) in [6.07, 6.45) is 2.35. The molecule has 23 heavy (non-hydrogen) atoms. The number of benzene rings is 1. The molecule has 1 aromatic heterocycles. The Kier molecular flexibility index (Phi) is 5.00. The maximum Gasteiger partial charge on any atom is 0.335 e. The molecular weight excluding hydrogens is 298 g/mol. The monoisotopic (exact) mass is 317 g/mol. The van der Waals surface area contributed by atoms with Crippen LogP contribution in [0.1, 0.15) is 45.8 Å². The van der Waals surface area contributed by atoms with Crippen LogP contribution in [0.25, 0.3) is 0 Å². The van der Waals surface area contributed by atoms with Crippen molar-refractivity contribution in [2.75, 3.05) is 7.11 Å². The van der Waals surface area contributed by atoms with Gasteiger partial charge in [-0.05, 0) is 30.7 Å². The Morgan fingerprint density at radius 3 is 2.57 bits per heavy atom. The number of rotatable bonds is 6. The van der Waals surface area contributed by atoms with Crippen molar-refractivity contribution in [3.8, 4) is 5.75 Å². The molecule has 122 valence electrons. The summed E-state index contributed by atoms with van der Waals surface area (Å²) < 4.78 is 6.76. The van der Waals surface area contributed by atoms with Crippen molar-refractivity contribution in [1.82, 2.24) is 15.1 Å². The number of amides is 1. The van der Waals surface area contributed by atoms with Crippen LogP contribution in [-0.2, 0) is 7.05 Å². The number of aromatic carboxylic acids is 1. The van der Waals surface area contributed by atoms with Gasteiger partial charge in [0.15, 0.2) is 0 Å². The number of hydrogen-bond donors (Lipinski definition) is 2. The van der Waals surface area contributed by atoms with Crippen LogP contribution in [0.15, 0.2) is 30.5 Å². The predicted octanol–water partition coefficient (Wildman–Crippen LogP) is 2.01. The molecule has 7 heteroatoms. The van der Waals surface area contributed by atoms with Crippen molar-refractivity contribution in [2.45, 2.75) is 19.4 Å². The largest absolute Gasteiger partial charge is 0.497 e. The number of ether oxygens (including phenoxy) is 1. The molecule has 1 amide bonds. The third-order valence-electron chi connectivity index (χ3n) is 3.58. The first-order chi connectivity index (χ1) is 11.0. The van der Waals surface area contributed by atoms with E-state index in [9.17, 15) is 9.59 Å². The molecular formula is C16H19N3O4. The molecule has 2 N–H and O–H groups in total. The minimum absolute atomic E-state index is 0.00285. The fraction of sp³-hybridized carbons (Fsp3) is 0.312. The summed E-state index contributed by atoms with van der Waals surface area (Å²) in [6, 6.07) is 5.84. The zero-order valence-electron chi connectivity index (χ0n) is 13.2. The Morgan fingerprint density at radius 2 is 2.04 bits per heavy atom. The van der Waals surface area contributed by atoms with Crippen LogP contribution in [0.2, 0.25) is 0 Å². The summed E-state index contributed by atoms with van der Waals surface area (Å²) in [6.45, 7) is 1.95. The van der Waals surface area contributed by atoms with Crippen molar-refractivity contribution in [3.05, 3.63) is 47.3 Å². The van der Waals surface area contributed by atoms with Crippen molar-refractivity contribution in [3.63, 3.8) is 0 Å². The van der Waals surface area contributed by atoms with E-state index in [1.165, 1.54) is 25.3 Å². The number of carboxylic acids is 1. The molecule has 0 aliphatic carbocycles. The van der Waals surface area contributed by atoms with Crippen LogP contribution in [0.5, 0.6) is 5.75 Å². The number of methoxy groups -OCH3 is 1. The summed E-state index contributed by atoms with van der Waals surface area (Å²) in [4.78, 5) is 23.6. The molecule has 0 radical (unpaired) electrons. The minimum Gasteiger partial charge on any atom is -0.497 e. The number of hydrogen-bond acceptors (Lipinski definition) is 4. The van der Waals surface area contributed by atoms with Crippen molar-refractivity contribution < 1.29 is 19.4 Å². The highest BCUT2D eigenvalue weighted by atomic mass is 16.5. The molecule has 0 spiro atoms. The fourth-order valence-corrected chi connectivity index (χ4v) is 2.32. The average molecular weight is 317 g/mol. The molecule has 7 nitrogen and oxygen atoms in total. The Morgan fingerprint density at radius 1 is 1.35 bits per heavy atom. The van der Waals surface area contributed by atoms with Gasteiger partial charge < -0.3 is 15.2 Å². The van der Waals surface area contributed by atoms with Gasteiger partial charge in [-0.3, -0.25) is 9.48 Å². The third-order valence-corrected chi connectivity index (χ3v) is 3.58. The molecule has 1 heterocycles. The van der Waals surface area contributed by atoms with Crippen LogP contribution in [0.3, 0.4) is 0 Å². The smallest absolute Gasteiger partial charge is 0.335 e. The molecule has 0 bridgehead atoms. The van der Waals surface area contributed by atoms with Crippen molar-refractivity contribution in [1.29, 1.82) is 0 Å². The lowest BCUT2D eigenvalue weighted by molar-refractivity contribution is 0.0696. The van der Waals surface area contributed by atoms with Gasteiger partial charge in [0.25, 0.3) is 5.91 Å². The van der Waals surface area contributed by atoms with E-state index in [0.717, 1.165) is 5.69 Å². The number of aryl methyl sites for hydroxylation is 1. The van der Waals surface area contributed by atoms with Crippen molar-refractivity contribution in [2.24, 2.45) is 7.05 Å². The van der Waals surface area contributed by atoms with Gasteiger partial charge in [0.2, 0.25) is 0 Å². The van der Waals surface area contributed by atoms with Crippen molar-refractivity contribution >= 4 is 11.9 Å². The second-order valence-corrected chi connectivity index (χ2v) is 5.07. The van der Waals surface area contributed by atoms with Gasteiger partial charge in [-0.25, -0.2) is 4.79 Å². The third kappa shape index (κ3) is 3.68. The number of carbonyl (C=O) groups is 2. The van der Waals surface area contributed by atoms with Gasteiger partial charge in [0.05, 0.1) is 24.4 Å². The van der Waals surface area contributed by atoms with E-state index in [2.05, 4.69) is 10.4 Å². The first-order valence-corrected chi connectivity index (χ1v) is 7.17. The van der Waals surface area contributed by atoms with Gasteiger partial charge in [-0.2, -0.15) is 5.10 Å². The highest BCUT2D eigenvalue weighted by Gasteiger charge is 2.18. The zero-order chi connectivity index (χ0) is 17.0. The predicted molar refractivity (Wildman–Crippen MR) is 83.7 cm³/mol. The molecule has 0 aliphatic rings. The van der Waals surface area contributed by atoms with E-state index in [-0.39, 0.29) is 23.1 Å². The molecule has 0 aliphatic heterocycles. The van der Waals surface area contributed by atoms with Gasteiger partial charge in [0.1, 0.15) is 5.75 Å². The van der Waals surface area contributed by atoms with E-state index in [1.54, 1.807) is 17.9 Å². The maximum absolute atomic E-state index is 12.5. The molecule has 0 fully saturated rings. The van der Waals surface area contributed by atoms with E-state index in [1.807, 2.05) is 13.0 Å². The number of carboxylic acid groups (broad SMARTS) is 1. The van der Waals surface area contributed by atoms with Gasteiger partial charge in [0, 0.05) is 18.8 Å². The van der Waals surface area contributed by atoms with E-state index in [4.69, 9.17) is 9.84 Å². The molecule has 0 saturated carbocycles. The summed E-state index contributed by atoms with van der Waals surface area (Å²) in [5.74, 6) is -1.15. The molecule has 2 rings (SSSR count). The summed E-state index contributed by atoms with van der Waals surface area (Å²) in [5, 5.41) is 16.1. The maximum atomic E-state index is 12.5. The lowest BCUT2D eigenvalue weighted by Crippen LogP contribution is -2.29. The normalized spacial score (nSPS) is 11.8. The first kappa shape index (κ1) is 16.5. The van der Waals surface area contributed by atoms with Crippen LogP contribution in [0.4, 0.5) is 0 Å². The standard InChI is InChI=1S/C16H19N3O4/c1-4-13(14-5-6-17-19(14)2)18-15(20)10-7-11(16(21)22)9-12(8-10)23-3/h5-9,13H,4H2,1-3H3,(H,18,20)(H,21,22)/t13-/m0/s1. The van der Waals surface area contributed by atoms with Crippen LogP contribution >= 0.6 is 0 Å². The summed E-state index contributed by atoms with van der Waals surface area (Å²) in [7, 11) is 3.23. The van der Waals surface area contributed by atoms with Crippen LogP contribution < -0.4 is 10.1 Å². The Balaban J connectivity index is 2.27. The first-order valence-electron chi connectivity index (χ1n) is 7.17. The van der Waals surface area contributed by atoms with Gasteiger partial charge >= 0.3 is 5.97 Å². The summed E-state index contributed by atoms with van der Waals surface area (Å²) in [5.41, 5.74) is 1.12. The SMILES string of the molecule is CC[C@H](NC(=O)c1cc(OC)cc(C(=O)O)c1)c1ccnn1C. The van der Waals surface area contributed by atoms with Gasteiger partial charge in [-0.15, -0.1) is 0 Å². The highest BCUT2D eigenvalue weighted by Crippen LogP contribution is 2.20. The number of nitrogens with one attached hydrogen (secondary N) is 1. The molecule has 1 aromatic carbocycles. The Bertz CT molecular complexity index is 724. The number of nitrogens with zero attached hydrogens (tertiary/aromatic N) is 2. The fourth-order valence-electron chi connectivity index (χ4n) is 2.32. The average Bonchev–Trinajstić information content (AvgIpc) is 2.97. The highest BCUT2D eigenvalue weighted by molar-refractivity contribution is 5.98. The molecule has 0 saturated heterocycles.